The molecule has 0 fully saturated rings. The van der Waals surface area contributed by atoms with Gasteiger partial charge in [0.15, 0.2) is 0 Å². The first kappa shape index (κ1) is 21.8. The molecule has 0 saturated carbocycles. The molecule has 2 aromatic rings. The number of halogens is 3. The smallest absolute Gasteiger partial charge is 0.229 e. The van der Waals surface area contributed by atoms with Gasteiger partial charge in [-0.15, -0.1) is 0 Å². The molecule has 0 radical (unpaired) electrons. The van der Waals surface area contributed by atoms with E-state index in [0.717, 1.165) is 36.0 Å². The number of sulfonamides is 1. The summed E-state index contributed by atoms with van der Waals surface area (Å²) in [5.74, 6) is 0.141. The lowest BCUT2D eigenvalue weighted by atomic mass is 9.85. The van der Waals surface area contributed by atoms with Crippen LogP contribution in [0.5, 0.6) is 0 Å². The zero-order valence-electron chi connectivity index (χ0n) is 14.8. The molecule has 1 unspecified atom stereocenters. The van der Waals surface area contributed by atoms with Crippen molar-refractivity contribution in [3.63, 3.8) is 0 Å². The highest BCUT2D eigenvalue weighted by molar-refractivity contribution is 14.1. The van der Waals surface area contributed by atoms with Gasteiger partial charge in [-0.1, -0.05) is 57.9 Å². The van der Waals surface area contributed by atoms with Crippen LogP contribution in [0.3, 0.4) is 0 Å². The number of hydrogen-bond donors (Lipinski definition) is 1. The van der Waals surface area contributed by atoms with Crippen LogP contribution in [-0.4, -0.2) is 38.1 Å². The molecule has 0 bridgehead atoms. The molecule has 4 nitrogen and oxygen atoms in total. The van der Waals surface area contributed by atoms with Crippen LogP contribution in [0.15, 0.2) is 36.4 Å². The Labute approximate surface area is 179 Å². The molecule has 8 heteroatoms. The van der Waals surface area contributed by atoms with Gasteiger partial charge in [-0.25, -0.2) is 8.42 Å². The first-order valence-corrected chi connectivity index (χ1v) is 12.7. The van der Waals surface area contributed by atoms with E-state index in [1.807, 2.05) is 23.1 Å². The fourth-order valence-electron chi connectivity index (χ4n) is 3.13. The van der Waals surface area contributed by atoms with Gasteiger partial charge >= 0.3 is 0 Å². The third-order valence-corrected chi connectivity index (χ3v) is 5.27. The van der Waals surface area contributed by atoms with E-state index in [9.17, 15) is 8.42 Å². The second-order valence-corrected chi connectivity index (χ2v) is 8.79. The number of rotatable bonds is 3. The summed E-state index contributed by atoms with van der Waals surface area (Å²) in [6.45, 7) is 1.64. The van der Waals surface area contributed by atoms with E-state index < -0.39 is 10.0 Å². The topological polar surface area (TPSA) is 49.4 Å². The molecule has 1 atom stereocenters. The van der Waals surface area contributed by atoms with Crippen molar-refractivity contribution in [2.24, 2.45) is 0 Å². The minimum atomic E-state index is -3.28. The standard InChI is InChI=1S/C17H18Cl2N2O2S.CH3I/c1-21-9-15(14-7-12(18)8-17(19)16(14)10-21)11-3-5-13(6-4-11)20-24(2,22)23;1-2/h3-8,15,20H,9-10H2,1-2H3;1H3. The maximum absolute atomic E-state index is 11.3. The van der Waals surface area contributed by atoms with Crippen molar-refractivity contribution >= 4 is 61.5 Å². The molecule has 0 aromatic heterocycles. The van der Waals surface area contributed by atoms with E-state index in [-0.39, 0.29) is 5.92 Å². The number of hydrogen-bond acceptors (Lipinski definition) is 3. The average Bonchev–Trinajstić information content (AvgIpc) is 2.56. The van der Waals surface area contributed by atoms with E-state index in [1.165, 1.54) is 0 Å². The van der Waals surface area contributed by atoms with Crippen LogP contribution in [0, 0.1) is 0 Å². The zero-order chi connectivity index (χ0) is 19.5. The maximum Gasteiger partial charge on any atom is 0.229 e. The van der Waals surface area contributed by atoms with E-state index >= 15 is 0 Å². The minimum Gasteiger partial charge on any atom is -0.301 e. The summed E-state index contributed by atoms with van der Waals surface area (Å²) in [5.41, 5.74) is 3.88. The predicted molar refractivity (Wildman–Crippen MR) is 119 cm³/mol. The van der Waals surface area contributed by atoms with Gasteiger partial charge in [0.1, 0.15) is 0 Å². The third kappa shape index (κ3) is 5.48. The molecule has 2 aromatic carbocycles. The van der Waals surface area contributed by atoms with Crippen molar-refractivity contribution in [2.45, 2.75) is 12.5 Å². The number of likely N-dealkylation sites (N-methyl/N-ethyl adjacent to an activating group) is 1. The normalized spacial score (nSPS) is 17.1. The van der Waals surface area contributed by atoms with Gasteiger partial charge in [0, 0.05) is 34.7 Å². The largest absolute Gasteiger partial charge is 0.301 e. The molecule has 1 aliphatic rings. The average molecular weight is 527 g/mol. The summed E-state index contributed by atoms with van der Waals surface area (Å²) >= 11 is 14.7. The van der Waals surface area contributed by atoms with Crippen LogP contribution in [0.25, 0.3) is 0 Å². The molecular formula is C18H21Cl2IN2O2S. The van der Waals surface area contributed by atoms with E-state index in [0.29, 0.717) is 15.7 Å². The SMILES string of the molecule is CI.CN1Cc2c(Cl)cc(Cl)cc2C(c2ccc(NS(C)(=O)=O)cc2)C1. The highest BCUT2D eigenvalue weighted by atomic mass is 127. The Balaban J connectivity index is 0.00000117. The Bertz CT molecular complexity index is 874. The second kappa shape index (κ2) is 9.10. The summed E-state index contributed by atoms with van der Waals surface area (Å²) in [5, 5.41) is 1.31. The minimum absolute atomic E-state index is 0.141. The van der Waals surface area contributed by atoms with Crippen molar-refractivity contribution in [3.05, 3.63) is 63.1 Å². The highest BCUT2D eigenvalue weighted by Crippen LogP contribution is 2.38. The van der Waals surface area contributed by atoms with Crippen molar-refractivity contribution in [1.29, 1.82) is 0 Å². The lowest BCUT2D eigenvalue weighted by Crippen LogP contribution is -2.31. The summed E-state index contributed by atoms with van der Waals surface area (Å²) in [4.78, 5) is 4.19. The zero-order valence-corrected chi connectivity index (χ0v) is 19.2. The first-order chi connectivity index (χ1) is 12.2. The summed E-state index contributed by atoms with van der Waals surface area (Å²) in [6, 6.07) is 11.2. The van der Waals surface area contributed by atoms with Gasteiger partial charge in [0.05, 0.1) is 6.26 Å². The van der Waals surface area contributed by atoms with E-state index in [4.69, 9.17) is 23.2 Å². The van der Waals surface area contributed by atoms with Crippen LogP contribution in [0.2, 0.25) is 10.0 Å². The Kier molecular flexibility index (Phi) is 7.62. The number of nitrogens with one attached hydrogen (secondary N) is 1. The third-order valence-electron chi connectivity index (χ3n) is 4.11. The molecule has 1 aliphatic heterocycles. The van der Waals surface area contributed by atoms with Gasteiger partial charge in [-0.2, -0.15) is 0 Å². The molecule has 0 saturated heterocycles. The number of alkyl halides is 1. The van der Waals surface area contributed by atoms with Crippen molar-refractivity contribution in [2.75, 3.05) is 29.5 Å². The molecule has 0 spiro atoms. The fraction of sp³-hybridized carbons (Fsp3) is 0.333. The molecule has 1 heterocycles. The maximum atomic E-state index is 11.3. The van der Waals surface area contributed by atoms with Crippen molar-refractivity contribution in [1.82, 2.24) is 4.90 Å². The quantitative estimate of drug-likeness (QED) is 0.452. The molecule has 26 heavy (non-hydrogen) atoms. The van der Waals surface area contributed by atoms with Crippen LogP contribution >= 0.6 is 45.8 Å². The number of anilines is 1. The van der Waals surface area contributed by atoms with Gasteiger partial charge < -0.3 is 4.90 Å². The Morgan fingerprint density at radius 1 is 1.15 bits per heavy atom. The molecular weight excluding hydrogens is 506 g/mol. The first-order valence-electron chi connectivity index (χ1n) is 7.85. The second-order valence-electron chi connectivity index (χ2n) is 6.20. The van der Waals surface area contributed by atoms with Crippen LogP contribution < -0.4 is 4.72 Å². The fourth-order valence-corrected chi connectivity index (χ4v) is 4.26. The lowest BCUT2D eigenvalue weighted by molar-refractivity contribution is 0.295. The molecule has 1 N–H and O–H groups in total. The molecule has 3 rings (SSSR count). The van der Waals surface area contributed by atoms with Crippen LogP contribution in [0.4, 0.5) is 5.69 Å². The predicted octanol–water partition coefficient (Wildman–Crippen LogP) is 4.99. The van der Waals surface area contributed by atoms with Crippen molar-refractivity contribution < 1.29 is 8.42 Å². The van der Waals surface area contributed by atoms with Gasteiger partial charge in [-0.3, -0.25) is 4.72 Å². The molecule has 0 aliphatic carbocycles. The summed E-state index contributed by atoms with van der Waals surface area (Å²) in [6.07, 6.45) is 1.14. The highest BCUT2D eigenvalue weighted by Gasteiger charge is 2.27. The summed E-state index contributed by atoms with van der Waals surface area (Å²) in [7, 11) is -1.22. The van der Waals surface area contributed by atoms with E-state index in [1.54, 1.807) is 18.2 Å². The molecule has 0 amide bonds. The van der Waals surface area contributed by atoms with Crippen LogP contribution in [0.1, 0.15) is 22.6 Å². The van der Waals surface area contributed by atoms with Crippen LogP contribution in [-0.2, 0) is 16.6 Å². The monoisotopic (exact) mass is 526 g/mol. The molecule has 142 valence electrons. The lowest BCUT2D eigenvalue weighted by Gasteiger charge is -2.33. The Morgan fingerprint density at radius 3 is 2.35 bits per heavy atom. The van der Waals surface area contributed by atoms with Gasteiger partial charge in [-0.05, 0) is 52.9 Å². The number of fused-ring (bicyclic) bond motifs is 1. The van der Waals surface area contributed by atoms with Gasteiger partial charge in [0.25, 0.3) is 0 Å². The van der Waals surface area contributed by atoms with E-state index in [2.05, 4.69) is 39.3 Å². The Morgan fingerprint density at radius 2 is 1.77 bits per heavy atom. The number of nitrogens with zero attached hydrogens (tertiary/aromatic N) is 1. The number of benzene rings is 2. The Hall–Kier alpha value is -0.540. The van der Waals surface area contributed by atoms with Gasteiger partial charge in [0.2, 0.25) is 10.0 Å². The summed E-state index contributed by atoms with van der Waals surface area (Å²) < 4.78 is 25.1. The van der Waals surface area contributed by atoms with Crippen molar-refractivity contribution in [3.8, 4) is 0 Å².